The molecular formula is C78H132N12. The van der Waals surface area contributed by atoms with Gasteiger partial charge in [0.05, 0.1) is 25.7 Å². The fraction of sp³-hybridized carbons (Fsp3) is 0.462. The van der Waals surface area contributed by atoms with Crippen LogP contribution in [0.4, 0.5) is 0 Å². The van der Waals surface area contributed by atoms with Gasteiger partial charge < -0.3 is 65.5 Å². The first-order valence-corrected chi connectivity index (χ1v) is 32.9. The third-order valence-electron chi connectivity index (χ3n) is 13.1. The molecule has 16 N–H and O–H groups in total. The van der Waals surface area contributed by atoms with Gasteiger partial charge in [-0.3, -0.25) is 0 Å². The minimum atomic E-state index is -0.147. The summed E-state index contributed by atoms with van der Waals surface area (Å²) in [6.07, 6.45) is 22.9. The van der Waals surface area contributed by atoms with Gasteiger partial charge >= 0.3 is 0 Å². The van der Waals surface area contributed by atoms with Gasteiger partial charge in [0, 0.05) is 90.5 Å². The number of unbranched alkanes of at least 4 members (excludes halogenated alkanes) is 2. The van der Waals surface area contributed by atoms with Crippen molar-refractivity contribution in [1.82, 2.24) is 42.5 Å². The zero-order valence-corrected chi connectivity index (χ0v) is 58.6. The van der Waals surface area contributed by atoms with Gasteiger partial charge in [-0.2, -0.15) is 0 Å². The van der Waals surface area contributed by atoms with Crippen LogP contribution in [0, 0.1) is 43.4 Å². The summed E-state index contributed by atoms with van der Waals surface area (Å²) in [6, 6.07) is 30.9. The molecule has 4 rings (SSSR count). The minimum absolute atomic E-state index is 0.0609. The van der Waals surface area contributed by atoms with Gasteiger partial charge in [-0.05, 0) is 120 Å². The number of nitrogens with one attached hydrogen (secondary N) is 8. The van der Waals surface area contributed by atoms with E-state index in [4.69, 9.17) is 11.5 Å². The Morgan fingerprint density at radius 3 is 1.57 bits per heavy atom. The molecule has 0 heterocycles. The van der Waals surface area contributed by atoms with Crippen LogP contribution >= 0.6 is 0 Å². The van der Waals surface area contributed by atoms with E-state index >= 15 is 0 Å². The molecule has 5 atom stereocenters. The molecule has 0 saturated carbocycles. The number of nitrogens with two attached hydrogens (primary N) is 4. The van der Waals surface area contributed by atoms with Crippen molar-refractivity contribution in [3.8, 4) is 0 Å². The van der Waals surface area contributed by atoms with Crippen LogP contribution in [0.15, 0.2) is 239 Å². The molecule has 0 aliphatic heterocycles. The monoisotopic (exact) mass is 1240 g/mol. The van der Waals surface area contributed by atoms with Crippen LogP contribution in [-0.2, 0) is 6.42 Å². The fourth-order valence-corrected chi connectivity index (χ4v) is 8.29. The summed E-state index contributed by atoms with van der Waals surface area (Å²) >= 11 is 0. The first kappa shape index (κ1) is 86.7. The van der Waals surface area contributed by atoms with E-state index in [1.54, 1.807) is 6.20 Å². The minimum Gasteiger partial charge on any atom is -0.405 e. The highest BCUT2D eigenvalue weighted by Gasteiger charge is 2.18. The molecule has 0 radical (unpaired) electrons. The summed E-state index contributed by atoms with van der Waals surface area (Å²) in [5.74, 6) is 2.64. The lowest BCUT2D eigenvalue weighted by Gasteiger charge is -2.26. The van der Waals surface area contributed by atoms with Crippen LogP contribution in [0.1, 0.15) is 137 Å². The first-order chi connectivity index (χ1) is 43.0. The lowest BCUT2D eigenvalue weighted by Crippen LogP contribution is -2.39. The van der Waals surface area contributed by atoms with Crippen molar-refractivity contribution in [2.45, 2.75) is 152 Å². The molecule has 0 spiro atoms. The third-order valence-corrected chi connectivity index (χ3v) is 13.1. The maximum absolute atomic E-state index is 6.51. The predicted octanol–water partition coefficient (Wildman–Crippen LogP) is 15.1. The Bertz CT molecular complexity index is 2370. The van der Waals surface area contributed by atoms with Crippen LogP contribution in [0.2, 0.25) is 0 Å². The van der Waals surface area contributed by atoms with E-state index in [0.29, 0.717) is 32.1 Å². The number of hydrogen-bond acceptors (Lipinski definition) is 12. The van der Waals surface area contributed by atoms with Gasteiger partial charge in [0.25, 0.3) is 0 Å². The van der Waals surface area contributed by atoms with E-state index in [1.807, 2.05) is 42.5 Å². The van der Waals surface area contributed by atoms with E-state index in [2.05, 4.69) is 262 Å². The molecule has 12 heteroatoms. The van der Waals surface area contributed by atoms with Crippen molar-refractivity contribution in [3.05, 3.63) is 255 Å². The van der Waals surface area contributed by atoms with Crippen molar-refractivity contribution in [2.75, 3.05) is 52.4 Å². The van der Waals surface area contributed by atoms with Gasteiger partial charge in [0.15, 0.2) is 0 Å². The zero-order valence-electron chi connectivity index (χ0n) is 58.6. The number of hydrogen-bond donors (Lipinski definition) is 12. The van der Waals surface area contributed by atoms with Gasteiger partial charge in [-0.15, -0.1) is 0 Å². The molecule has 5 unspecified atom stereocenters. The Kier molecular flexibility index (Phi) is 56.9. The van der Waals surface area contributed by atoms with Crippen LogP contribution in [0.5, 0.6) is 0 Å². The zero-order chi connectivity index (χ0) is 68.3. The second-order valence-electron chi connectivity index (χ2n) is 23.9. The van der Waals surface area contributed by atoms with E-state index in [1.165, 1.54) is 34.7 Å². The molecule has 0 amide bonds. The summed E-state index contributed by atoms with van der Waals surface area (Å²) in [7, 11) is 0. The summed E-state index contributed by atoms with van der Waals surface area (Å²) in [5, 5.41) is 28.0. The lowest BCUT2D eigenvalue weighted by molar-refractivity contribution is 0.456. The maximum Gasteiger partial charge on any atom is 0.0651 e. The summed E-state index contributed by atoms with van der Waals surface area (Å²) in [5.41, 5.74) is 33.8. The van der Waals surface area contributed by atoms with Crippen LogP contribution in [0.25, 0.3) is 0 Å². The Hall–Kier alpha value is -7.54. The standard InChI is InChI=1S/C52H86N10.2C7H8.2C4H10.2C2H5N/c1-11-21-50(38-60-44(9)51(54)33-47-28-26-39(4)27-29-47)61-36-41(6)62-52(45(10)56-13-3)25-18-20-31-57-40(5)35-58-42(7)48(24-17-19-30-55-12-2)37-59-43(8)49(34-53)32-46-22-15-14-16-23-46;2*1-7-5-3-2-4-6-7;2*1-4(2)3;2*1-2-3/h12,14-16,21-23,26,28-29,39,48-49,51-52,55-62H,2,5-11,13,17-20,24-25,27,30-38,53-54H2,1,3-4H3;2*2-6H,1H3;2*4H,1-3H3;2*2H,1,3H2/b50-21-;;;;;;. The second kappa shape index (κ2) is 59.1. The molecule has 504 valence electrons. The molecule has 12 nitrogen and oxygen atoms in total. The van der Waals surface area contributed by atoms with Crippen molar-refractivity contribution in [1.29, 1.82) is 0 Å². The largest absolute Gasteiger partial charge is 0.405 e. The Balaban J connectivity index is -0.00000220. The molecule has 1 aliphatic carbocycles. The van der Waals surface area contributed by atoms with Gasteiger partial charge in [-0.1, -0.05) is 253 Å². The topological polar surface area (TPSA) is 200 Å². The molecule has 3 aromatic rings. The van der Waals surface area contributed by atoms with Crippen LogP contribution < -0.4 is 65.5 Å². The van der Waals surface area contributed by atoms with Crippen molar-refractivity contribution in [2.24, 2.45) is 52.5 Å². The quantitative estimate of drug-likeness (QED) is 0.0243. The number of allylic oxidation sites excluding steroid dienone is 4. The third kappa shape index (κ3) is 53.5. The van der Waals surface area contributed by atoms with Crippen molar-refractivity contribution < 1.29 is 0 Å². The van der Waals surface area contributed by atoms with Crippen LogP contribution in [0.3, 0.4) is 0 Å². The maximum atomic E-state index is 6.51. The number of aryl methyl sites for hydroxylation is 2. The molecule has 0 aromatic heterocycles. The van der Waals surface area contributed by atoms with Gasteiger partial charge in [-0.25, -0.2) is 0 Å². The highest BCUT2D eigenvalue weighted by atomic mass is 15.0. The highest BCUT2D eigenvalue weighted by Crippen LogP contribution is 2.21. The normalized spacial score (nSPS) is 13.0. The molecule has 1 aliphatic rings. The molecule has 0 bridgehead atoms. The predicted molar refractivity (Wildman–Crippen MR) is 402 cm³/mol. The Morgan fingerprint density at radius 1 is 0.589 bits per heavy atom. The summed E-state index contributed by atoms with van der Waals surface area (Å²) < 4.78 is 0. The molecule has 0 saturated heterocycles. The smallest absolute Gasteiger partial charge is 0.0651 e. The van der Waals surface area contributed by atoms with Crippen molar-refractivity contribution in [3.63, 3.8) is 0 Å². The fourth-order valence-electron chi connectivity index (χ4n) is 8.29. The Morgan fingerprint density at radius 2 is 1.09 bits per heavy atom. The lowest BCUT2D eigenvalue weighted by atomic mass is 9.94. The second-order valence-corrected chi connectivity index (χ2v) is 23.9. The summed E-state index contributed by atoms with van der Waals surface area (Å²) in [6.45, 7) is 65.4. The number of rotatable bonds is 38. The van der Waals surface area contributed by atoms with E-state index in [9.17, 15) is 0 Å². The van der Waals surface area contributed by atoms with E-state index in [0.717, 1.165) is 142 Å². The van der Waals surface area contributed by atoms with E-state index < -0.39 is 0 Å². The van der Waals surface area contributed by atoms with Gasteiger partial charge in [0.2, 0.25) is 0 Å². The van der Waals surface area contributed by atoms with Crippen molar-refractivity contribution >= 4 is 0 Å². The number of benzene rings is 3. The van der Waals surface area contributed by atoms with E-state index in [-0.39, 0.29) is 23.9 Å². The molecule has 0 fully saturated rings. The Labute approximate surface area is 552 Å². The first-order valence-electron chi connectivity index (χ1n) is 32.9. The van der Waals surface area contributed by atoms with Gasteiger partial charge in [0.1, 0.15) is 0 Å². The number of likely N-dealkylation sites (N-methyl/N-ethyl adjacent to an activating group) is 1. The molecule has 3 aromatic carbocycles. The van der Waals surface area contributed by atoms with Crippen LogP contribution in [-0.4, -0.2) is 64.4 Å². The highest BCUT2D eigenvalue weighted by molar-refractivity contribution is 5.27. The summed E-state index contributed by atoms with van der Waals surface area (Å²) in [4.78, 5) is 0. The average Bonchev–Trinajstić information content (AvgIpc) is 3.25. The molecule has 90 heavy (non-hydrogen) atoms. The average molecular weight is 1240 g/mol. The molecular weight excluding hydrogens is 1100 g/mol. The SMILES string of the molecule is C=CN.C=CN.C=CNCCCCC(CNC(=C)C(CN)Cc1ccccc1)C(=C)NCC(=C)NCCCCC(NC(=C)CN/C(=C\CC)CNC(=C)C(N)CC1=CCC(C)C=C1)C(=C)NCC.CC(C)C.CC(C)C.Cc1ccccc1.Cc1ccccc1.